The van der Waals surface area contributed by atoms with Gasteiger partial charge < -0.3 is 20.1 Å². The minimum Gasteiger partial charge on any atom is -0.497 e. The molecule has 24 heavy (non-hydrogen) atoms. The number of ether oxygens (including phenoxy) is 2. The maximum atomic E-state index is 11.6. The lowest BCUT2D eigenvalue weighted by atomic mass is 10.2. The number of alkyl carbamates (subject to hydrolysis) is 1. The highest BCUT2D eigenvalue weighted by Gasteiger charge is 2.15. The summed E-state index contributed by atoms with van der Waals surface area (Å²) in [5.41, 5.74) is 2.47. The number of nitrogens with one attached hydrogen (secondary N) is 2. The van der Waals surface area contributed by atoms with Gasteiger partial charge in [-0.1, -0.05) is 12.1 Å². The number of carbonyl (C=O) groups excluding carboxylic acids is 1. The van der Waals surface area contributed by atoms with Crippen LogP contribution in [0.3, 0.4) is 0 Å². The third-order valence-corrected chi connectivity index (χ3v) is 3.17. The van der Waals surface area contributed by atoms with Gasteiger partial charge in [0, 0.05) is 17.9 Å². The Morgan fingerprint density at radius 2 is 1.50 bits per heavy atom. The van der Waals surface area contributed by atoms with E-state index in [9.17, 15) is 4.79 Å². The van der Waals surface area contributed by atoms with Crippen LogP contribution in [0.15, 0.2) is 48.5 Å². The summed E-state index contributed by atoms with van der Waals surface area (Å²) in [6, 6.07) is 15.6. The van der Waals surface area contributed by atoms with Crippen molar-refractivity contribution in [2.75, 3.05) is 12.4 Å². The van der Waals surface area contributed by atoms with Crippen molar-refractivity contribution in [1.82, 2.24) is 5.32 Å². The molecule has 5 nitrogen and oxygen atoms in total. The zero-order valence-electron chi connectivity index (χ0n) is 14.6. The van der Waals surface area contributed by atoms with Crippen molar-refractivity contribution in [3.8, 4) is 5.75 Å². The van der Waals surface area contributed by atoms with Crippen LogP contribution in [0.1, 0.15) is 26.3 Å². The number of amides is 1. The summed E-state index contributed by atoms with van der Waals surface area (Å²) in [6.45, 7) is 5.95. The minimum absolute atomic E-state index is 0.414. The first kappa shape index (κ1) is 17.7. The number of benzene rings is 2. The number of hydrogen-bond donors (Lipinski definition) is 2. The van der Waals surface area contributed by atoms with Gasteiger partial charge in [-0.25, -0.2) is 4.79 Å². The fourth-order valence-corrected chi connectivity index (χ4v) is 2.04. The fourth-order valence-electron chi connectivity index (χ4n) is 2.04. The predicted molar refractivity (Wildman–Crippen MR) is 95.8 cm³/mol. The Morgan fingerprint density at radius 3 is 2.00 bits per heavy atom. The van der Waals surface area contributed by atoms with Crippen LogP contribution in [0.2, 0.25) is 0 Å². The normalized spacial score (nSPS) is 10.8. The van der Waals surface area contributed by atoms with E-state index < -0.39 is 11.7 Å². The zero-order valence-corrected chi connectivity index (χ0v) is 14.6. The molecule has 1 amide bonds. The maximum absolute atomic E-state index is 11.6. The summed E-state index contributed by atoms with van der Waals surface area (Å²) < 4.78 is 10.3. The molecule has 2 N–H and O–H groups in total. The molecular formula is C19H24N2O3. The van der Waals surface area contributed by atoms with Crippen LogP contribution >= 0.6 is 0 Å². The first-order chi connectivity index (χ1) is 11.4. The zero-order chi connectivity index (χ0) is 17.6. The Kier molecular flexibility index (Phi) is 5.68. The largest absolute Gasteiger partial charge is 0.497 e. The van der Waals surface area contributed by atoms with Crippen molar-refractivity contribution < 1.29 is 14.3 Å². The summed E-state index contributed by atoms with van der Waals surface area (Å²) >= 11 is 0. The molecule has 0 saturated heterocycles. The smallest absolute Gasteiger partial charge is 0.407 e. The van der Waals surface area contributed by atoms with Gasteiger partial charge in [-0.05, 0) is 62.7 Å². The van der Waals surface area contributed by atoms with Crippen LogP contribution < -0.4 is 15.4 Å². The lowest BCUT2D eigenvalue weighted by Crippen LogP contribution is -2.32. The van der Waals surface area contributed by atoms with Gasteiger partial charge in [0.1, 0.15) is 11.4 Å². The molecule has 128 valence electrons. The molecule has 2 aromatic carbocycles. The van der Waals surface area contributed by atoms with Crippen LogP contribution in [0, 0.1) is 0 Å². The third-order valence-electron chi connectivity index (χ3n) is 3.17. The first-order valence-electron chi connectivity index (χ1n) is 7.82. The molecular weight excluding hydrogens is 304 g/mol. The van der Waals surface area contributed by atoms with Crippen molar-refractivity contribution in [2.45, 2.75) is 32.9 Å². The van der Waals surface area contributed by atoms with Gasteiger partial charge in [0.25, 0.3) is 0 Å². The highest BCUT2D eigenvalue weighted by atomic mass is 16.6. The molecule has 0 aromatic heterocycles. The Morgan fingerprint density at radius 1 is 0.958 bits per heavy atom. The van der Waals surface area contributed by atoms with Crippen molar-refractivity contribution in [1.29, 1.82) is 0 Å². The molecule has 0 bridgehead atoms. The quantitative estimate of drug-likeness (QED) is 0.850. The molecule has 0 saturated carbocycles. The van der Waals surface area contributed by atoms with Crippen LogP contribution in [-0.4, -0.2) is 18.8 Å². The van der Waals surface area contributed by atoms with Gasteiger partial charge in [0.2, 0.25) is 0 Å². The Hall–Kier alpha value is -2.69. The second kappa shape index (κ2) is 7.73. The number of methoxy groups -OCH3 is 1. The number of rotatable bonds is 5. The second-order valence-electron chi connectivity index (χ2n) is 6.41. The third kappa shape index (κ3) is 5.83. The second-order valence-corrected chi connectivity index (χ2v) is 6.41. The average molecular weight is 328 g/mol. The van der Waals surface area contributed by atoms with Gasteiger partial charge in [-0.2, -0.15) is 0 Å². The van der Waals surface area contributed by atoms with E-state index in [0.717, 1.165) is 22.7 Å². The van der Waals surface area contributed by atoms with Gasteiger partial charge in [-0.15, -0.1) is 0 Å². The van der Waals surface area contributed by atoms with E-state index in [4.69, 9.17) is 9.47 Å². The van der Waals surface area contributed by atoms with E-state index in [0.29, 0.717) is 6.54 Å². The molecule has 0 aliphatic heterocycles. The van der Waals surface area contributed by atoms with Crippen molar-refractivity contribution in [3.63, 3.8) is 0 Å². The Balaban J connectivity index is 1.87. The van der Waals surface area contributed by atoms with E-state index in [1.54, 1.807) is 7.11 Å². The fraction of sp³-hybridized carbons (Fsp3) is 0.316. The van der Waals surface area contributed by atoms with Gasteiger partial charge in [0.05, 0.1) is 7.11 Å². The molecule has 2 rings (SSSR count). The van der Waals surface area contributed by atoms with Crippen molar-refractivity contribution in [3.05, 3.63) is 54.1 Å². The highest BCUT2D eigenvalue weighted by molar-refractivity contribution is 5.67. The van der Waals surface area contributed by atoms with Crippen LogP contribution in [0.4, 0.5) is 16.2 Å². The lowest BCUT2D eigenvalue weighted by Gasteiger charge is -2.19. The van der Waals surface area contributed by atoms with Gasteiger partial charge >= 0.3 is 6.09 Å². The summed E-state index contributed by atoms with van der Waals surface area (Å²) in [5, 5.41) is 6.05. The summed E-state index contributed by atoms with van der Waals surface area (Å²) in [7, 11) is 1.65. The van der Waals surface area contributed by atoms with E-state index in [1.165, 1.54) is 0 Å². The SMILES string of the molecule is COc1ccc(Nc2ccc(CNC(=O)OC(C)(C)C)cc2)cc1. The standard InChI is InChI=1S/C19H24N2O3/c1-19(2,3)24-18(22)20-13-14-5-7-15(8-6-14)21-16-9-11-17(23-4)12-10-16/h5-12,21H,13H2,1-4H3,(H,20,22). The molecule has 0 atom stereocenters. The number of hydrogen-bond acceptors (Lipinski definition) is 4. The molecule has 0 unspecified atom stereocenters. The van der Waals surface area contributed by atoms with Crippen LogP contribution in [-0.2, 0) is 11.3 Å². The molecule has 0 radical (unpaired) electrons. The van der Waals surface area contributed by atoms with Crippen molar-refractivity contribution >= 4 is 17.5 Å². The Labute approximate surface area is 143 Å². The van der Waals surface area contributed by atoms with E-state index in [2.05, 4.69) is 10.6 Å². The maximum Gasteiger partial charge on any atom is 0.407 e. The molecule has 0 spiro atoms. The van der Waals surface area contributed by atoms with Crippen LogP contribution in [0.25, 0.3) is 0 Å². The molecule has 0 aliphatic rings. The average Bonchev–Trinajstić information content (AvgIpc) is 2.53. The summed E-state index contributed by atoms with van der Waals surface area (Å²) in [5.74, 6) is 0.823. The van der Waals surface area contributed by atoms with Gasteiger partial charge in [0.15, 0.2) is 0 Å². The van der Waals surface area contributed by atoms with E-state index >= 15 is 0 Å². The van der Waals surface area contributed by atoms with E-state index in [-0.39, 0.29) is 0 Å². The monoisotopic (exact) mass is 328 g/mol. The highest BCUT2D eigenvalue weighted by Crippen LogP contribution is 2.20. The molecule has 2 aromatic rings. The minimum atomic E-state index is -0.490. The number of carbonyl (C=O) groups is 1. The first-order valence-corrected chi connectivity index (χ1v) is 7.82. The van der Waals surface area contributed by atoms with Crippen molar-refractivity contribution in [2.24, 2.45) is 0 Å². The van der Waals surface area contributed by atoms with Crippen LogP contribution in [0.5, 0.6) is 5.75 Å². The molecule has 5 heteroatoms. The summed E-state index contributed by atoms with van der Waals surface area (Å²) in [6.07, 6.45) is -0.414. The molecule has 0 heterocycles. The Bertz CT molecular complexity index is 659. The summed E-state index contributed by atoms with van der Waals surface area (Å²) in [4.78, 5) is 11.6. The molecule has 0 fully saturated rings. The molecule has 0 aliphatic carbocycles. The number of anilines is 2. The predicted octanol–water partition coefficient (Wildman–Crippen LogP) is 4.46. The van der Waals surface area contributed by atoms with E-state index in [1.807, 2.05) is 69.3 Å². The lowest BCUT2D eigenvalue weighted by molar-refractivity contribution is 0.0523. The van der Waals surface area contributed by atoms with Gasteiger partial charge in [-0.3, -0.25) is 0 Å². The topological polar surface area (TPSA) is 59.6 Å².